The molecule has 416 valence electrons. The Morgan fingerprint density at radius 2 is 1.14 bits per heavy atom. The van der Waals surface area contributed by atoms with E-state index in [1.165, 1.54) is 37.7 Å². The minimum atomic E-state index is -2.25. The molecule has 0 bridgehead atoms. The average molecular weight is 1080 g/mol. The van der Waals surface area contributed by atoms with Gasteiger partial charge in [0, 0.05) is 19.6 Å². The minimum absolute atomic E-state index is 0.0318. The summed E-state index contributed by atoms with van der Waals surface area (Å²) < 4.78 is 43.4. The van der Waals surface area contributed by atoms with E-state index in [9.17, 15) is 0 Å². The van der Waals surface area contributed by atoms with Gasteiger partial charge in [0.05, 0.1) is 23.9 Å². The highest BCUT2D eigenvalue weighted by Gasteiger charge is 2.53. The Bertz CT molecular complexity index is 1830. The van der Waals surface area contributed by atoms with Gasteiger partial charge in [0.2, 0.25) is 0 Å². The number of allylic oxidation sites excluding steroid dienone is 3. The SMILES string of the molecule is C=C1/C(=C\C=C2/CCC[C@]3(C)[C@@H]([C@H](C)CC[C@@H](O[Si](C)(C)C(C)(C)C)C(C)(C)O[Si](C)(C)C(C)(C)C)CC[C@@H]23)C[C@@H](O[Si](C)(C)C(C)(C)C)[C@@H](OCCCO[Si](C)(C)C(C)(C)C)[C@@H]1O[Si](C)(C)C(C)(C)C. The van der Waals surface area contributed by atoms with Crippen molar-refractivity contribution >= 4 is 41.6 Å². The maximum atomic E-state index is 7.50. The second-order valence-electron chi connectivity index (χ2n) is 31.7. The van der Waals surface area contributed by atoms with E-state index >= 15 is 0 Å². The lowest BCUT2D eigenvalue weighted by Gasteiger charge is -2.49. The fourth-order valence-corrected chi connectivity index (χ4v) is 17.4. The summed E-state index contributed by atoms with van der Waals surface area (Å²) in [5.41, 5.74) is 3.91. The van der Waals surface area contributed by atoms with Gasteiger partial charge in [0.15, 0.2) is 41.6 Å². The molecule has 3 fully saturated rings. The first-order valence-corrected chi connectivity index (χ1v) is 43.2. The molecule has 0 unspecified atom stereocenters. The lowest BCUT2D eigenvalue weighted by Crippen LogP contribution is -2.57. The molecule has 0 radical (unpaired) electrons. The molecular formula is C60H120O6Si5. The highest BCUT2D eigenvalue weighted by molar-refractivity contribution is 6.76. The summed E-state index contributed by atoms with van der Waals surface area (Å²) >= 11 is 0. The topological polar surface area (TPSA) is 55.4 Å². The van der Waals surface area contributed by atoms with E-state index in [0.717, 1.165) is 31.3 Å². The summed E-state index contributed by atoms with van der Waals surface area (Å²) in [6, 6.07) is 0. The monoisotopic (exact) mass is 1080 g/mol. The molecular weight excluding hydrogens is 957 g/mol. The van der Waals surface area contributed by atoms with Crippen molar-refractivity contribution in [2.75, 3.05) is 13.2 Å². The van der Waals surface area contributed by atoms with Crippen molar-refractivity contribution in [1.29, 1.82) is 0 Å². The second kappa shape index (κ2) is 22.8. The van der Waals surface area contributed by atoms with E-state index in [-0.39, 0.29) is 60.6 Å². The van der Waals surface area contributed by atoms with Gasteiger partial charge in [-0.15, -0.1) is 0 Å². The Morgan fingerprint density at radius 1 is 0.634 bits per heavy atom. The van der Waals surface area contributed by atoms with Crippen LogP contribution in [-0.4, -0.2) is 84.8 Å². The molecule has 0 aromatic heterocycles. The number of hydrogen-bond donors (Lipinski definition) is 0. The predicted molar refractivity (Wildman–Crippen MR) is 323 cm³/mol. The summed E-state index contributed by atoms with van der Waals surface area (Å²) in [5.74, 6) is 1.88. The van der Waals surface area contributed by atoms with E-state index in [0.29, 0.717) is 31.0 Å². The van der Waals surface area contributed by atoms with Crippen molar-refractivity contribution < 1.29 is 26.9 Å². The zero-order valence-electron chi connectivity index (χ0n) is 52.6. The van der Waals surface area contributed by atoms with Crippen LogP contribution in [0.5, 0.6) is 0 Å². The van der Waals surface area contributed by atoms with Crippen LogP contribution in [0.3, 0.4) is 0 Å². The van der Waals surface area contributed by atoms with Gasteiger partial charge < -0.3 is 26.9 Å². The average Bonchev–Trinajstić information content (AvgIpc) is 3.52. The van der Waals surface area contributed by atoms with E-state index in [1.807, 2.05) is 0 Å². The Balaban J connectivity index is 2.01. The van der Waals surface area contributed by atoms with Crippen molar-refractivity contribution in [2.24, 2.45) is 23.2 Å². The first-order chi connectivity index (χ1) is 31.6. The van der Waals surface area contributed by atoms with Gasteiger partial charge >= 0.3 is 0 Å². The molecule has 0 spiro atoms. The lowest BCUT2D eigenvalue weighted by atomic mass is 9.60. The van der Waals surface area contributed by atoms with E-state index < -0.39 is 41.6 Å². The summed E-state index contributed by atoms with van der Waals surface area (Å²) in [5, 5.41) is 0.531. The number of hydrogen-bond acceptors (Lipinski definition) is 6. The van der Waals surface area contributed by atoms with Gasteiger partial charge in [-0.25, -0.2) is 0 Å². The van der Waals surface area contributed by atoms with Gasteiger partial charge in [0.1, 0.15) is 6.10 Å². The predicted octanol–water partition coefficient (Wildman–Crippen LogP) is 19.2. The van der Waals surface area contributed by atoms with Crippen LogP contribution < -0.4 is 0 Å². The van der Waals surface area contributed by atoms with Gasteiger partial charge in [-0.1, -0.05) is 142 Å². The molecule has 3 aliphatic rings. The minimum Gasteiger partial charge on any atom is -0.417 e. The first kappa shape index (κ1) is 65.3. The zero-order chi connectivity index (χ0) is 55.2. The molecule has 11 heteroatoms. The Morgan fingerprint density at radius 3 is 1.65 bits per heavy atom. The molecule has 0 saturated heterocycles. The van der Waals surface area contributed by atoms with Crippen molar-refractivity contribution in [1.82, 2.24) is 0 Å². The van der Waals surface area contributed by atoms with Crippen LogP contribution in [0.4, 0.5) is 0 Å². The maximum Gasteiger partial charge on any atom is 0.193 e. The smallest absolute Gasteiger partial charge is 0.193 e. The van der Waals surface area contributed by atoms with Crippen molar-refractivity contribution in [3.8, 4) is 0 Å². The van der Waals surface area contributed by atoms with Crippen LogP contribution in [-0.2, 0) is 26.9 Å². The molecule has 0 aliphatic heterocycles. The lowest BCUT2D eigenvalue weighted by molar-refractivity contribution is -0.0879. The number of rotatable bonds is 20. The van der Waals surface area contributed by atoms with Gasteiger partial charge in [-0.2, -0.15) is 0 Å². The van der Waals surface area contributed by atoms with E-state index in [4.69, 9.17) is 33.4 Å². The van der Waals surface area contributed by atoms with Crippen molar-refractivity contribution in [2.45, 2.75) is 310 Å². The molecule has 3 aliphatic carbocycles. The summed E-state index contributed by atoms with van der Waals surface area (Å²) in [7, 11) is -10.4. The van der Waals surface area contributed by atoms with E-state index in [2.05, 4.69) is 209 Å². The molecule has 0 amide bonds. The third-order valence-corrected chi connectivity index (χ3v) is 43.3. The van der Waals surface area contributed by atoms with Crippen LogP contribution in [0.2, 0.25) is 90.7 Å². The molecule has 3 saturated carbocycles. The zero-order valence-corrected chi connectivity index (χ0v) is 57.6. The molecule has 0 heterocycles. The quantitative estimate of drug-likeness (QED) is 0.0895. The van der Waals surface area contributed by atoms with Crippen molar-refractivity contribution in [3.05, 3.63) is 35.5 Å². The molecule has 0 aromatic rings. The fourth-order valence-electron chi connectivity index (χ4n) is 10.5. The standard InChI is InChI=1S/C60H120O6Si5/c1-44(34-39-51(64-69(25,26)56(9,10)11)59(18,19)66-71(29,30)58(15,16)17)48-37-38-49-46(33-31-40-60(48,49)20)35-36-47-43-50(63-68(23,24)55(6,7)8)53(52(45(47)2)65-70(27,28)57(12,13)14)61-41-32-42-62-67(21,22)54(3,4)5/h35-36,44,48-53H,2,31-34,37-43H2,1,3-30H3/b46-35+,47-36-/t44-,48-,49+,50-,51-,52-,53-,60-/m1/s1. The molecule has 0 aromatic carbocycles. The highest BCUT2D eigenvalue weighted by Crippen LogP contribution is 2.60. The third kappa shape index (κ3) is 15.9. The molecule has 71 heavy (non-hydrogen) atoms. The van der Waals surface area contributed by atoms with Gasteiger partial charge in [-0.3, -0.25) is 0 Å². The molecule has 0 N–H and O–H groups in total. The molecule has 8 atom stereocenters. The summed E-state index contributed by atoms with van der Waals surface area (Å²) in [6.07, 6.45) is 14.6. The van der Waals surface area contributed by atoms with Gasteiger partial charge in [0.25, 0.3) is 0 Å². The first-order valence-electron chi connectivity index (χ1n) is 28.6. The fraction of sp³-hybridized carbons (Fsp3) is 0.900. The van der Waals surface area contributed by atoms with Crippen LogP contribution in [0.1, 0.15) is 189 Å². The normalized spacial score (nSPS) is 27.4. The third-order valence-electron chi connectivity index (χ3n) is 20.6. The maximum absolute atomic E-state index is 7.50. The van der Waals surface area contributed by atoms with Gasteiger partial charge in [-0.05, 0) is 190 Å². The molecule has 3 rings (SSSR count). The van der Waals surface area contributed by atoms with Crippen LogP contribution in [0.15, 0.2) is 35.5 Å². The van der Waals surface area contributed by atoms with E-state index in [1.54, 1.807) is 5.57 Å². The van der Waals surface area contributed by atoms with Crippen LogP contribution >= 0.6 is 0 Å². The summed E-state index contributed by atoms with van der Waals surface area (Å²) in [4.78, 5) is 0. The second-order valence-corrected chi connectivity index (χ2v) is 55.5. The highest BCUT2D eigenvalue weighted by atomic mass is 28.4. The van der Waals surface area contributed by atoms with Crippen molar-refractivity contribution in [3.63, 3.8) is 0 Å². The summed E-state index contributed by atoms with van der Waals surface area (Å²) in [6.45, 7) is 75.2. The van der Waals surface area contributed by atoms with Crippen LogP contribution in [0.25, 0.3) is 0 Å². The van der Waals surface area contributed by atoms with Crippen LogP contribution in [0, 0.1) is 23.2 Å². The Kier molecular flexibility index (Phi) is 21.0. The largest absolute Gasteiger partial charge is 0.417 e. The molecule has 6 nitrogen and oxygen atoms in total. The number of fused-ring (bicyclic) bond motifs is 1. The Labute approximate surface area is 447 Å². The number of ether oxygens (including phenoxy) is 1. The Hall–Kier alpha value is 0.0644.